The van der Waals surface area contributed by atoms with Crippen LogP contribution in [0.5, 0.6) is 5.75 Å². The predicted molar refractivity (Wildman–Crippen MR) is 101 cm³/mol. The molecule has 0 aliphatic rings. The monoisotopic (exact) mass is 345 g/mol. The first-order valence-electron chi connectivity index (χ1n) is 8.25. The van der Waals surface area contributed by atoms with E-state index < -0.39 is 0 Å². The van der Waals surface area contributed by atoms with Gasteiger partial charge in [0.15, 0.2) is 0 Å². The van der Waals surface area contributed by atoms with Crippen LogP contribution in [0, 0.1) is 0 Å². The Morgan fingerprint density at radius 2 is 1.73 bits per heavy atom. The van der Waals surface area contributed by atoms with Crippen LogP contribution in [0.2, 0.25) is 0 Å². The molecule has 1 amide bonds. The Morgan fingerprint density at radius 1 is 1.00 bits per heavy atom. The summed E-state index contributed by atoms with van der Waals surface area (Å²) < 4.78 is 5.76. The van der Waals surface area contributed by atoms with Gasteiger partial charge in [0, 0.05) is 6.20 Å². The van der Waals surface area contributed by atoms with Crippen molar-refractivity contribution in [1.29, 1.82) is 0 Å². The number of hydrazone groups is 1. The third-order valence-corrected chi connectivity index (χ3v) is 3.74. The molecular weight excluding hydrogens is 326 g/mol. The van der Waals surface area contributed by atoms with Crippen molar-refractivity contribution in [2.45, 2.75) is 13.5 Å². The summed E-state index contributed by atoms with van der Waals surface area (Å²) in [6, 6.07) is 22.7. The van der Waals surface area contributed by atoms with Crippen molar-refractivity contribution in [2.75, 3.05) is 0 Å². The Morgan fingerprint density at radius 3 is 2.42 bits per heavy atom. The van der Waals surface area contributed by atoms with Gasteiger partial charge in [-0.15, -0.1) is 0 Å². The summed E-state index contributed by atoms with van der Waals surface area (Å²) in [5, 5.41) is 4.13. The van der Waals surface area contributed by atoms with Crippen LogP contribution >= 0.6 is 0 Å². The molecule has 0 saturated heterocycles. The molecule has 3 rings (SSSR count). The van der Waals surface area contributed by atoms with Gasteiger partial charge in [0.05, 0.1) is 5.71 Å². The van der Waals surface area contributed by atoms with Gasteiger partial charge in [-0.2, -0.15) is 5.10 Å². The maximum atomic E-state index is 12.0. The highest BCUT2D eigenvalue weighted by molar-refractivity contribution is 6.00. The summed E-state index contributed by atoms with van der Waals surface area (Å²) >= 11 is 0. The molecule has 26 heavy (non-hydrogen) atoms. The van der Waals surface area contributed by atoms with Crippen LogP contribution < -0.4 is 10.2 Å². The lowest BCUT2D eigenvalue weighted by Gasteiger charge is -2.07. The Hall–Kier alpha value is -3.47. The zero-order valence-corrected chi connectivity index (χ0v) is 14.4. The molecule has 0 fully saturated rings. The van der Waals surface area contributed by atoms with Crippen LogP contribution in [-0.2, 0) is 6.61 Å². The number of nitrogens with zero attached hydrogens (tertiary/aromatic N) is 2. The van der Waals surface area contributed by atoms with Crippen molar-refractivity contribution in [1.82, 2.24) is 10.4 Å². The maximum Gasteiger partial charge on any atom is 0.289 e. The number of benzene rings is 2. The molecule has 1 aromatic heterocycles. The Balaban J connectivity index is 1.58. The van der Waals surface area contributed by atoms with E-state index in [1.54, 1.807) is 24.4 Å². The standard InChI is InChI=1S/C21H19N3O2/c1-16(23-24-21(25)20-9-5-6-14-22-20)18-10-12-19(13-11-18)26-15-17-7-3-2-4-8-17/h2-14H,15H2,1H3,(H,24,25)/b23-16-. The molecule has 0 radical (unpaired) electrons. The first-order valence-corrected chi connectivity index (χ1v) is 8.25. The lowest BCUT2D eigenvalue weighted by Crippen LogP contribution is -2.20. The van der Waals surface area contributed by atoms with E-state index in [0.717, 1.165) is 16.9 Å². The van der Waals surface area contributed by atoms with E-state index >= 15 is 0 Å². The molecule has 0 atom stereocenters. The molecule has 130 valence electrons. The lowest BCUT2D eigenvalue weighted by atomic mass is 10.1. The van der Waals surface area contributed by atoms with Crippen molar-refractivity contribution in [3.63, 3.8) is 0 Å². The van der Waals surface area contributed by atoms with Crippen molar-refractivity contribution in [3.8, 4) is 5.75 Å². The minimum absolute atomic E-state index is 0.328. The highest BCUT2D eigenvalue weighted by Crippen LogP contribution is 2.14. The highest BCUT2D eigenvalue weighted by Gasteiger charge is 2.05. The van der Waals surface area contributed by atoms with Crippen LogP contribution in [0.15, 0.2) is 84.1 Å². The topological polar surface area (TPSA) is 63.6 Å². The van der Waals surface area contributed by atoms with Gasteiger partial charge in [-0.1, -0.05) is 36.4 Å². The zero-order valence-electron chi connectivity index (χ0n) is 14.4. The number of rotatable bonds is 6. The molecule has 1 N–H and O–H groups in total. The quantitative estimate of drug-likeness (QED) is 0.546. The summed E-state index contributed by atoms with van der Waals surface area (Å²) in [5.74, 6) is 0.440. The number of pyridine rings is 1. The summed E-state index contributed by atoms with van der Waals surface area (Å²) in [6.07, 6.45) is 1.57. The van der Waals surface area contributed by atoms with E-state index in [-0.39, 0.29) is 5.91 Å². The Bertz CT molecular complexity index is 876. The number of carbonyl (C=O) groups excluding carboxylic acids is 1. The third kappa shape index (κ3) is 4.77. The van der Waals surface area contributed by atoms with Gasteiger partial charge in [0.2, 0.25) is 0 Å². The van der Waals surface area contributed by atoms with E-state index in [0.29, 0.717) is 18.0 Å². The number of hydrogen-bond donors (Lipinski definition) is 1. The number of hydrogen-bond acceptors (Lipinski definition) is 4. The van der Waals surface area contributed by atoms with Gasteiger partial charge in [-0.25, -0.2) is 5.43 Å². The summed E-state index contributed by atoms with van der Waals surface area (Å²) in [7, 11) is 0. The second-order valence-electron chi connectivity index (χ2n) is 5.65. The number of amides is 1. The maximum absolute atomic E-state index is 12.0. The Kier molecular flexibility index (Phi) is 5.72. The van der Waals surface area contributed by atoms with Crippen LogP contribution in [-0.4, -0.2) is 16.6 Å². The van der Waals surface area contributed by atoms with E-state index in [4.69, 9.17) is 4.74 Å². The van der Waals surface area contributed by atoms with Gasteiger partial charge in [-0.3, -0.25) is 9.78 Å². The molecule has 0 bridgehead atoms. The summed E-state index contributed by atoms with van der Waals surface area (Å²) in [4.78, 5) is 15.9. The predicted octanol–water partition coefficient (Wildman–Crippen LogP) is 3.81. The highest BCUT2D eigenvalue weighted by atomic mass is 16.5. The number of nitrogens with one attached hydrogen (secondary N) is 1. The molecular formula is C21H19N3O2. The first kappa shape index (κ1) is 17.4. The minimum atomic E-state index is -0.340. The van der Waals surface area contributed by atoms with Crippen LogP contribution in [0.1, 0.15) is 28.5 Å². The molecule has 3 aromatic rings. The molecule has 1 heterocycles. The van der Waals surface area contributed by atoms with Crippen molar-refractivity contribution in [3.05, 3.63) is 95.8 Å². The fourth-order valence-electron chi connectivity index (χ4n) is 2.29. The minimum Gasteiger partial charge on any atom is -0.489 e. The van der Waals surface area contributed by atoms with Crippen molar-refractivity contribution in [2.24, 2.45) is 5.10 Å². The number of carbonyl (C=O) groups is 1. The molecule has 0 saturated carbocycles. The Labute approximate surface area is 152 Å². The summed E-state index contributed by atoms with van der Waals surface area (Å²) in [6.45, 7) is 2.35. The van der Waals surface area contributed by atoms with Crippen molar-refractivity contribution >= 4 is 11.6 Å². The number of aromatic nitrogens is 1. The fraction of sp³-hybridized carbons (Fsp3) is 0.0952. The zero-order chi connectivity index (χ0) is 18.2. The van der Waals surface area contributed by atoms with E-state index in [1.807, 2.05) is 61.5 Å². The molecule has 0 aliphatic heterocycles. The number of ether oxygens (including phenoxy) is 1. The van der Waals surface area contributed by atoms with Gasteiger partial charge < -0.3 is 4.74 Å². The van der Waals surface area contributed by atoms with Gasteiger partial charge in [0.1, 0.15) is 18.1 Å². The molecule has 0 spiro atoms. The summed E-state index contributed by atoms with van der Waals surface area (Å²) in [5.41, 5.74) is 5.56. The average molecular weight is 345 g/mol. The van der Waals surface area contributed by atoms with Crippen LogP contribution in [0.25, 0.3) is 0 Å². The molecule has 5 heteroatoms. The third-order valence-electron chi connectivity index (χ3n) is 3.74. The lowest BCUT2D eigenvalue weighted by molar-refractivity contribution is 0.0950. The molecule has 0 unspecified atom stereocenters. The second kappa shape index (κ2) is 8.58. The second-order valence-corrected chi connectivity index (χ2v) is 5.65. The first-order chi connectivity index (χ1) is 12.7. The SMILES string of the molecule is C/C(=N/NC(=O)c1ccccn1)c1ccc(OCc2ccccc2)cc1. The molecule has 2 aromatic carbocycles. The van der Waals surface area contributed by atoms with Gasteiger partial charge >= 0.3 is 0 Å². The van der Waals surface area contributed by atoms with E-state index in [9.17, 15) is 4.79 Å². The largest absolute Gasteiger partial charge is 0.489 e. The van der Waals surface area contributed by atoms with E-state index in [2.05, 4.69) is 15.5 Å². The van der Waals surface area contributed by atoms with Gasteiger partial charge in [0.25, 0.3) is 5.91 Å². The van der Waals surface area contributed by atoms with Crippen molar-refractivity contribution < 1.29 is 9.53 Å². The average Bonchev–Trinajstić information content (AvgIpc) is 2.72. The van der Waals surface area contributed by atoms with Gasteiger partial charge in [-0.05, 0) is 54.4 Å². The van der Waals surface area contributed by atoms with E-state index in [1.165, 1.54) is 0 Å². The van der Waals surface area contributed by atoms with Crippen LogP contribution in [0.4, 0.5) is 0 Å². The van der Waals surface area contributed by atoms with Crippen LogP contribution in [0.3, 0.4) is 0 Å². The smallest absolute Gasteiger partial charge is 0.289 e. The normalized spacial score (nSPS) is 11.0. The molecule has 0 aliphatic carbocycles. The molecule has 5 nitrogen and oxygen atoms in total. The fourth-order valence-corrected chi connectivity index (χ4v) is 2.29.